The van der Waals surface area contributed by atoms with Gasteiger partial charge in [0.05, 0.1) is 22.4 Å². The van der Waals surface area contributed by atoms with Crippen LogP contribution in [-0.2, 0) is 21.4 Å². The highest BCUT2D eigenvalue weighted by molar-refractivity contribution is 7.92. The summed E-state index contributed by atoms with van der Waals surface area (Å²) in [5, 5.41) is 13.8. The maximum atomic E-state index is 12.3. The Hall–Kier alpha value is -2.94. The molecule has 0 atom stereocenters. The van der Waals surface area contributed by atoms with Crippen LogP contribution in [0.25, 0.3) is 0 Å². The van der Waals surface area contributed by atoms with Crippen molar-refractivity contribution < 1.29 is 18.1 Å². The summed E-state index contributed by atoms with van der Waals surface area (Å²) in [6, 6.07) is 11.7. The number of carbonyl (C=O) groups excluding carboxylic acids is 1. The number of hydrogen-bond acceptors (Lipinski definition) is 5. The molecular formula is C18H21N3O5S. The number of nitrogens with zero attached hydrogens (tertiary/aromatic N) is 2. The van der Waals surface area contributed by atoms with Crippen LogP contribution >= 0.6 is 0 Å². The van der Waals surface area contributed by atoms with Crippen molar-refractivity contribution >= 4 is 27.3 Å². The molecule has 144 valence electrons. The van der Waals surface area contributed by atoms with Crippen molar-refractivity contribution in [1.29, 1.82) is 0 Å². The molecule has 0 fully saturated rings. The van der Waals surface area contributed by atoms with Crippen LogP contribution in [0.15, 0.2) is 42.5 Å². The number of hydrogen-bond donors (Lipinski definition) is 1. The van der Waals surface area contributed by atoms with Crippen molar-refractivity contribution in [2.45, 2.75) is 20.4 Å². The lowest BCUT2D eigenvalue weighted by Crippen LogP contribution is -2.40. The van der Waals surface area contributed by atoms with Crippen LogP contribution in [0.2, 0.25) is 0 Å². The first-order chi connectivity index (χ1) is 12.6. The van der Waals surface area contributed by atoms with Gasteiger partial charge in [-0.2, -0.15) is 0 Å². The van der Waals surface area contributed by atoms with Crippen molar-refractivity contribution in [1.82, 2.24) is 5.32 Å². The molecule has 0 aliphatic heterocycles. The smallest absolute Gasteiger partial charge is 0.274 e. The van der Waals surface area contributed by atoms with Crippen molar-refractivity contribution in [2.24, 2.45) is 0 Å². The van der Waals surface area contributed by atoms with E-state index >= 15 is 0 Å². The SMILES string of the molecule is Cc1cccc(CNC(=O)CN(c2cccc([N+](=O)[O-])c2C)S(C)(=O)=O)c1. The van der Waals surface area contributed by atoms with Crippen molar-refractivity contribution in [3.63, 3.8) is 0 Å². The molecule has 1 amide bonds. The van der Waals surface area contributed by atoms with Crippen molar-refractivity contribution in [2.75, 3.05) is 17.1 Å². The predicted molar refractivity (Wildman–Crippen MR) is 103 cm³/mol. The Bertz CT molecular complexity index is 973. The van der Waals surface area contributed by atoms with Crippen molar-refractivity contribution in [3.8, 4) is 0 Å². The molecule has 0 aliphatic carbocycles. The second-order valence-electron chi connectivity index (χ2n) is 6.21. The molecule has 0 bridgehead atoms. The number of benzene rings is 2. The van der Waals surface area contributed by atoms with Crippen LogP contribution in [-0.4, -0.2) is 32.0 Å². The number of nitro benzene ring substituents is 1. The van der Waals surface area contributed by atoms with Gasteiger partial charge in [0.25, 0.3) is 5.69 Å². The topological polar surface area (TPSA) is 110 Å². The van der Waals surface area contributed by atoms with Gasteiger partial charge in [-0.25, -0.2) is 8.42 Å². The molecule has 8 nitrogen and oxygen atoms in total. The lowest BCUT2D eigenvalue weighted by Gasteiger charge is -2.23. The van der Waals surface area contributed by atoms with E-state index in [9.17, 15) is 23.3 Å². The van der Waals surface area contributed by atoms with E-state index in [0.29, 0.717) is 0 Å². The number of anilines is 1. The first-order valence-corrected chi connectivity index (χ1v) is 9.98. The van der Waals surface area contributed by atoms with Crippen LogP contribution in [0.3, 0.4) is 0 Å². The first kappa shape index (κ1) is 20.4. The lowest BCUT2D eigenvalue weighted by molar-refractivity contribution is -0.385. The van der Waals surface area contributed by atoms with Crippen LogP contribution in [0.4, 0.5) is 11.4 Å². The number of rotatable bonds is 7. The van der Waals surface area contributed by atoms with Gasteiger partial charge in [0.15, 0.2) is 0 Å². The summed E-state index contributed by atoms with van der Waals surface area (Å²) in [4.78, 5) is 22.8. The maximum Gasteiger partial charge on any atom is 0.274 e. The van der Waals surface area contributed by atoms with Gasteiger partial charge in [0, 0.05) is 12.6 Å². The van der Waals surface area contributed by atoms with Crippen LogP contribution < -0.4 is 9.62 Å². The average Bonchev–Trinajstić information content (AvgIpc) is 2.57. The maximum absolute atomic E-state index is 12.3. The molecule has 0 unspecified atom stereocenters. The van der Waals surface area contributed by atoms with Gasteiger partial charge in [0.2, 0.25) is 15.9 Å². The summed E-state index contributed by atoms with van der Waals surface area (Å²) in [6.45, 7) is 3.18. The number of sulfonamides is 1. The summed E-state index contributed by atoms with van der Waals surface area (Å²) < 4.78 is 25.3. The number of amides is 1. The summed E-state index contributed by atoms with van der Waals surface area (Å²) in [7, 11) is -3.82. The van der Waals surface area contributed by atoms with Gasteiger partial charge in [-0.3, -0.25) is 19.2 Å². The molecule has 0 aliphatic rings. The Kier molecular flexibility index (Phi) is 6.17. The second kappa shape index (κ2) is 8.17. The minimum Gasteiger partial charge on any atom is -0.350 e. The third-order valence-electron chi connectivity index (χ3n) is 4.00. The van der Waals surface area contributed by atoms with E-state index in [1.807, 2.05) is 31.2 Å². The van der Waals surface area contributed by atoms with Crippen LogP contribution in [0.1, 0.15) is 16.7 Å². The molecule has 0 saturated heterocycles. The minimum absolute atomic E-state index is 0.109. The normalized spacial score (nSPS) is 11.1. The van der Waals surface area contributed by atoms with Gasteiger partial charge >= 0.3 is 0 Å². The molecule has 0 spiro atoms. The zero-order valence-corrected chi connectivity index (χ0v) is 16.1. The lowest BCUT2D eigenvalue weighted by atomic mass is 10.1. The Balaban J connectivity index is 2.22. The highest BCUT2D eigenvalue weighted by Gasteiger charge is 2.25. The molecule has 0 heterocycles. The molecule has 0 saturated carbocycles. The van der Waals surface area contributed by atoms with Crippen LogP contribution in [0.5, 0.6) is 0 Å². The van der Waals surface area contributed by atoms with E-state index in [2.05, 4.69) is 5.32 Å². The zero-order valence-electron chi connectivity index (χ0n) is 15.3. The average molecular weight is 391 g/mol. The summed E-state index contributed by atoms with van der Waals surface area (Å²) in [6.07, 6.45) is 0.957. The van der Waals surface area contributed by atoms with Crippen molar-refractivity contribution in [3.05, 3.63) is 69.3 Å². The summed E-state index contributed by atoms with van der Waals surface area (Å²) in [5.41, 5.74) is 2.02. The standard InChI is InChI=1S/C18H21N3O5S/c1-13-6-4-7-15(10-13)11-19-18(22)12-20(27(3,25)26)16-8-5-9-17(14(16)2)21(23)24/h4-10H,11-12H2,1-3H3,(H,19,22). The highest BCUT2D eigenvalue weighted by Crippen LogP contribution is 2.29. The molecule has 1 N–H and O–H groups in total. The van der Waals surface area contributed by atoms with E-state index in [-0.39, 0.29) is 23.5 Å². The molecule has 9 heteroatoms. The zero-order chi connectivity index (χ0) is 20.2. The molecule has 0 aromatic heterocycles. The third kappa shape index (κ3) is 5.27. The second-order valence-corrected chi connectivity index (χ2v) is 8.12. The van der Waals surface area contributed by atoms with E-state index in [0.717, 1.165) is 21.7 Å². The fourth-order valence-corrected chi connectivity index (χ4v) is 3.58. The number of carbonyl (C=O) groups is 1. The Morgan fingerprint density at radius 3 is 2.44 bits per heavy atom. The molecule has 2 aromatic carbocycles. The molecule has 2 aromatic rings. The predicted octanol–water partition coefficient (Wildman–Crippen LogP) is 2.29. The van der Waals surface area contributed by atoms with Gasteiger partial charge in [-0.05, 0) is 25.5 Å². The Labute approximate surface area is 158 Å². The van der Waals surface area contributed by atoms with E-state index < -0.39 is 27.4 Å². The highest BCUT2D eigenvalue weighted by atomic mass is 32.2. The van der Waals surface area contributed by atoms with E-state index in [1.165, 1.54) is 25.1 Å². The van der Waals surface area contributed by atoms with Gasteiger partial charge in [-0.15, -0.1) is 0 Å². The molecule has 27 heavy (non-hydrogen) atoms. The molecular weight excluding hydrogens is 370 g/mol. The number of aryl methyl sites for hydroxylation is 1. The van der Waals surface area contributed by atoms with Gasteiger partial charge in [0.1, 0.15) is 6.54 Å². The van der Waals surface area contributed by atoms with Crippen LogP contribution in [0, 0.1) is 24.0 Å². The molecule has 2 rings (SSSR count). The van der Waals surface area contributed by atoms with Gasteiger partial charge in [-0.1, -0.05) is 35.9 Å². The minimum atomic E-state index is -3.82. The summed E-state index contributed by atoms with van der Waals surface area (Å²) >= 11 is 0. The Morgan fingerprint density at radius 1 is 1.19 bits per heavy atom. The monoisotopic (exact) mass is 391 g/mol. The Morgan fingerprint density at radius 2 is 1.85 bits per heavy atom. The fourth-order valence-electron chi connectivity index (χ4n) is 2.67. The quantitative estimate of drug-likeness (QED) is 0.575. The number of nitro groups is 1. The summed E-state index contributed by atoms with van der Waals surface area (Å²) in [5.74, 6) is -0.507. The van der Waals surface area contributed by atoms with E-state index in [1.54, 1.807) is 0 Å². The first-order valence-electron chi connectivity index (χ1n) is 8.13. The van der Waals surface area contributed by atoms with Gasteiger partial charge < -0.3 is 5.32 Å². The van der Waals surface area contributed by atoms with E-state index in [4.69, 9.17) is 0 Å². The largest absolute Gasteiger partial charge is 0.350 e. The third-order valence-corrected chi connectivity index (χ3v) is 5.13. The fraction of sp³-hybridized carbons (Fsp3) is 0.278. The number of nitrogens with one attached hydrogen (secondary N) is 1. The molecule has 0 radical (unpaired) electrons.